The lowest BCUT2D eigenvalue weighted by molar-refractivity contribution is -0.120. The van der Waals surface area contributed by atoms with E-state index in [1.165, 1.54) is 20.3 Å². The fourth-order valence-corrected chi connectivity index (χ4v) is 5.30. The van der Waals surface area contributed by atoms with Crippen molar-refractivity contribution in [3.05, 3.63) is 58.4 Å². The number of ketones is 2. The third-order valence-corrected chi connectivity index (χ3v) is 7.73. The van der Waals surface area contributed by atoms with Crippen LogP contribution in [0.3, 0.4) is 0 Å². The minimum Gasteiger partial charge on any atom is -0.439 e. The number of allylic oxidation sites excluding steroid dienone is 5. The quantitative estimate of drug-likeness (QED) is 0.234. The van der Waals surface area contributed by atoms with Crippen LogP contribution in [-0.2, 0) is 28.6 Å². The van der Waals surface area contributed by atoms with Crippen LogP contribution in [0.2, 0.25) is 0 Å². The summed E-state index contributed by atoms with van der Waals surface area (Å²) in [6.07, 6.45) is 4.81. The molecule has 0 aromatic rings. The molecular weight excluding hydrogens is 564 g/mol. The van der Waals surface area contributed by atoms with Crippen molar-refractivity contribution in [2.24, 2.45) is 17.6 Å². The van der Waals surface area contributed by atoms with E-state index in [0.29, 0.717) is 41.9 Å². The third-order valence-electron chi connectivity index (χ3n) is 7.47. The lowest BCUT2D eigenvalue weighted by Gasteiger charge is -2.30. The van der Waals surface area contributed by atoms with Gasteiger partial charge in [-0.3, -0.25) is 14.4 Å². The number of fused-ring (bicyclic) bond motifs is 2. The van der Waals surface area contributed by atoms with Crippen LogP contribution in [-0.4, -0.2) is 73.2 Å². The number of halogens is 1. The lowest BCUT2D eigenvalue weighted by atomic mass is 9.82. The van der Waals surface area contributed by atoms with Crippen LogP contribution >= 0.6 is 11.6 Å². The van der Waals surface area contributed by atoms with Gasteiger partial charge < -0.3 is 30.4 Å². The Bertz CT molecular complexity index is 1190. The molecule has 232 valence electrons. The van der Waals surface area contributed by atoms with Gasteiger partial charge in [0.1, 0.15) is 6.10 Å². The van der Waals surface area contributed by atoms with Crippen LogP contribution in [0.4, 0.5) is 4.79 Å². The Balaban J connectivity index is 2.61. The largest absolute Gasteiger partial charge is 0.439 e. The molecule has 0 fully saturated rings. The molecule has 2 amide bonds. The zero-order chi connectivity index (χ0) is 31.6. The summed E-state index contributed by atoms with van der Waals surface area (Å²) in [4.78, 5) is 51.4. The number of nitrogens with two attached hydrogens (primary N) is 1. The van der Waals surface area contributed by atoms with E-state index in [0.717, 1.165) is 6.08 Å². The second-order valence-corrected chi connectivity index (χ2v) is 11.2. The fourth-order valence-electron chi connectivity index (χ4n) is 5.16. The monoisotopic (exact) mass is 606 g/mol. The molecule has 2 aliphatic rings. The van der Waals surface area contributed by atoms with Crippen LogP contribution in [0, 0.1) is 11.8 Å². The summed E-state index contributed by atoms with van der Waals surface area (Å²) in [6.45, 7) is 7.01. The molecule has 4 N–H and O–H groups in total. The van der Waals surface area contributed by atoms with Crippen molar-refractivity contribution >= 4 is 35.2 Å². The first-order chi connectivity index (χ1) is 19.8. The van der Waals surface area contributed by atoms with E-state index in [4.69, 9.17) is 31.5 Å². The van der Waals surface area contributed by atoms with E-state index in [1.807, 2.05) is 13.8 Å². The van der Waals surface area contributed by atoms with Gasteiger partial charge in [-0.25, -0.2) is 4.79 Å². The highest BCUT2D eigenvalue weighted by Gasteiger charge is 2.33. The minimum atomic E-state index is -0.997. The lowest BCUT2D eigenvalue weighted by Crippen LogP contribution is -2.37. The molecule has 10 nitrogen and oxygen atoms in total. The second-order valence-electron chi connectivity index (χ2n) is 10.8. The van der Waals surface area contributed by atoms with Gasteiger partial charge in [-0.2, -0.15) is 0 Å². The van der Waals surface area contributed by atoms with Gasteiger partial charge in [-0.15, -0.1) is 11.6 Å². The number of rotatable bonds is 6. The highest BCUT2D eigenvalue weighted by molar-refractivity contribution is 6.24. The fraction of sp³-hybridized carbons (Fsp3) is 0.548. The molecule has 1 aliphatic carbocycles. The molecule has 11 heteroatoms. The van der Waals surface area contributed by atoms with E-state index in [2.05, 4.69) is 5.32 Å². The average Bonchev–Trinajstić information content (AvgIpc) is 2.94. The zero-order valence-corrected chi connectivity index (χ0v) is 25.9. The van der Waals surface area contributed by atoms with Crippen molar-refractivity contribution in [2.45, 2.75) is 77.8 Å². The number of carbonyl (C=O) groups excluding carboxylic acids is 4. The number of hydrogen-bond acceptors (Lipinski definition) is 8. The number of ether oxygens (including phenoxy) is 3. The van der Waals surface area contributed by atoms with E-state index in [-0.39, 0.29) is 29.4 Å². The summed E-state index contributed by atoms with van der Waals surface area (Å²) in [5.41, 5.74) is 6.81. The van der Waals surface area contributed by atoms with Gasteiger partial charge in [0.15, 0.2) is 11.9 Å². The predicted molar refractivity (Wildman–Crippen MR) is 159 cm³/mol. The Hall–Kier alpha value is -3.05. The maximum absolute atomic E-state index is 13.6. The van der Waals surface area contributed by atoms with Crippen molar-refractivity contribution in [1.29, 1.82) is 0 Å². The van der Waals surface area contributed by atoms with Gasteiger partial charge in [-0.05, 0) is 51.0 Å². The molecule has 0 saturated heterocycles. The summed E-state index contributed by atoms with van der Waals surface area (Å²) in [6, 6.07) is 0. The summed E-state index contributed by atoms with van der Waals surface area (Å²) in [7, 11) is 2.93. The molecule has 0 aromatic heterocycles. The van der Waals surface area contributed by atoms with Gasteiger partial charge >= 0.3 is 6.09 Å². The Morgan fingerprint density at radius 1 is 1.17 bits per heavy atom. The summed E-state index contributed by atoms with van der Waals surface area (Å²) in [5.74, 6) is -1.60. The maximum atomic E-state index is 13.6. The Labute approximate surface area is 252 Å². The summed E-state index contributed by atoms with van der Waals surface area (Å²) >= 11 is 5.89. The number of aliphatic hydroxyl groups is 1. The van der Waals surface area contributed by atoms with Crippen LogP contribution in [0.25, 0.3) is 0 Å². The Morgan fingerprint density at radius 2 is 1.86 bits per heavy atom. The molecule has 0 spiro atoms. The molecule has 2 unspecified atom stereocenters. The van der Waals surface area contributed by atoms with Crippen LogP contribution < -0.4 is 11.1 Å². The highest BCUT2D eigenvalue weighted by atomic mass is 35.5. The molecule has 2 rings (SSSR count). The number of Topliss-reactive ketones (excluding diaryl/α,β-unsaturated/α-hetero) is 1. The average molecular weight is 607 g/mol. The van der Waals surface area contributed by atoms with Crippen molar-refractivity contribution in [1.82, 2.24) is 5.32 Å². The SMILES string of the molecule is COC1CC(C)CC2=C(CCCCl)C(=O)C=C(NC(=O)/C(C)=C\C=C\[C@@H](OC)[C@H](OC(N)=O)/C(C)=C/[C@@H](C)[C@@H]1O)C2=O. The van der Waals surface area contributed by atoms with Gasteiger partial charge in [0, 0.05) is 48.8 Å². The number of primary amides is 1. The summed E-state index contributed by atoms with van der Waals surface area (Å²) in [5, 5.41) is 13.8. The molecule has 0 radical (unpaired) electrons. The number of amides is 2. The topological polar surface area (TPSA) is 154 Å². The van der Waals surface area contributed by atoms with Crippen molar-refractivity contribution in [3.8, 4) is 0 Å². The molecule has 42 heavy (non-hydrogen) atoms. The minimum absolute atomic E-state index is 0.0991. The van der Waals surface area contributed by atoms with Gasteiger partial charge in [-0.1, -0.05) is 38.2 Å². The zero-order valence-electron chi connectivity index (χ0n) is 25.1. The number of methoxy groups -OCH3 is 2. The number of alkyl halides is 1. The Kier molecular flexibility index (Phi) is 13.9. The smallest absolute Gasteiger partial charge is 0.405 e. The predicted octanol–water partition coefficient (Wildman–Crippen LogP) is 3.82. The van der Waals surface area contributed by atoms with E-state index in [1.54, 1.807) is 32.1 Å². The Morgan fingerprint density at radius 3 is 2.45 bits per heavy atom. The van der Waals surface area contributed by atoms with Crippen molar-refractivity contribution in [2.75, 3.05) is 20.1 Å². The maximum Gasteiger partial charge on any atom is 0.405 e. The first-order valence-electron chi connectivity index (χ1n) is 14.0. The number of carbonyl (C=O) groups is 4. The standard InChI is InChI=1S/C31H43ClN2O8/c1-17-13-22-21(10-8-12-32)24(35)16-23(28(22)37)34-30(38)18(2)9-7-11-25(40-5)29(42-31(33)39)20(4)15-19(3)27(36)26(14-17)41-6/h7,9,11,15-17,19,25-27,29,36H,8,10,12-14H2,1-6H3,(H2,33,39)(H,34,38)/b11-7+,18-9-,20-15+/t17?,19-,25-,26?,27+,29-/m1/s1. The molecule has 2 bridgehead atoms. The molecule has 1 aliphatic heterocycles. The number of hydrogen-bond donors (Lipinski definition) is 3. The summed E-state index contributed by atoms with van der Waals surface area (Å²) < 4.78 is 16.6. The molecule has 0 aromatic carbocycles. The van der Waals surface area contributed by atoms with Crippen molar-refractivity contribution in [3.63, 3.8) is 0 Å². The normalized spacial score (nSPS) is 31.8. The number of nitrogens with one attached hydrogen (secondary N) is 1. The van der Waals surface area contributed by atoms with E-state index < -0.39 is 48.1 Å². The first kappa shape index (κ1) is 35.1. The number of aliphatic hydroxyl groups excluding tert-OH is 1. The molecule has 1 heterocycles. The molecule has 0 saturated carbocycles. The highest BCUT2D eigenvalue weighted by Crippen LogP contribution is 2.31. The van der Waals surface area contributed by atoms with E-state index >= 15 is 0 Å². The van der Waals surface area contributed by atoms with Gasteiger partial charge in [0.25, 0.3) is 5.91 Å². The second kappa shape index (κ2) is 16.6. The molecule has 6 atom stereocenters. The van der Waals surface area contributed by atoms with Crippen LogP contribution in [0.1, 0.15) is 53.4 Å². The molecular formula is C31H43ClN2O8. The van der Waals surface area contributed by atoms with Crippen molar-refractivity contribution < 1.29 is 38.5 Å². The van der Waals surface area contributed by atoms with Gasteiger partial charge in [0.2, 0.25) is 5.78 Å². The van der Waals surface area contributed by atoms with E-state index in [9.17, 15) is 24.3 Å². The first-order valence-corrected chi connectivity index (χ1v) is 14.5. The van der Waals surface area contributed by atoms with Gasteiger partial charge in [0.05, 0.1) is 17.9 Å². The van der Waals surface area contributed by atoms with Crippen LogP contribution in [0.5, 0.6) is 0 Å². The third kappa shape index (κ3) is 9.49. The van der Waals surface area contributed by atoms with Crippen LogP contribution in [0.15, 0.2) is 58.4 Å².